The van der Waals surface area contributed by atoms with E-state index in [0.717, 1.165) is 29.4 Å². The molecule has 2 aromatic heterocycles. The first-order chi connectivity index (χ1) is 13.1. The van der Waals surface area contributed by atoms with Crippen LogP contribution in [0.15, 0.2) is 53.9 Å². The molecule has 0 unspecified atom stereocenters. The van der Waals surface area contributed by atoms with Crippen LogP contribution in [0.4, 0.5) is 10.1 Å². The van der Waals surface area contributed by atoms with E-state index in [-0.39, 0.29) is 17.0 Å². The van der Waals surface area contributed by atoms with Gasteiger partial charge in [0.05, 0.1) is 5.25 Å². The number of hydrogen-bond acceptors (Lipinski definition) is 5. The topological polar surface area (TPSA) is 72.7 Å². The highest BCUT2D eigenvalue weighted by molar-refractivity contribution is 8.00. The standard InChI is InChI=1S/C19H18FN5OS/c1-12(18(26)22-15-6-4-14(20)5-7-15)27-19-24-23-17(25(19)16-8-9-16)13-3-2-10-21-11-13/h2-7,10-12,16H,8-9H2,1H3,(H,22,26)/t12-/m0/s1. The van der Waals surface area contributed by atoms with Crippen LogP contribution in [0.5, 0.6) is 0 Å². The Morgan fingerprint density at radius 2 is 2.04 bits per heavy atom. The molecule has 4 rings (SSSR count). The van der Waals surface area contributed by atoms with Crippen LogP contribution >= 0.6 is 11.8 Å². The highest BCUT2D eigenvalue weighted by Gasteiger charge is 2.31. The van der Waals surface area contributed by atoms with Crippen LogP contribution in [-0.2, 0) is 4.79 Å². The number of benzene rings is 1. The minimum absolute atomic E-state index is 0.167. The van der Waals surface area contributed by atoms with E-state index in [1.54, 1.807) is 12.4 Å². The quantitative estimate of drug-likeness (QED) is 0.653. The fourth-order valence-corrected chi connectivity index (χ4v) is 3.62. The van der Waals surface area contributed by atoms with Gasteiger partial charge in [-0.2, -0.15) is 0 Å². The van der Waals surface area contributed by atoms with Crippen molar-refractivity contribution in [3.8, 4) is 11.4 Å². The average Bonchev–Trinajstić information content (AvgIpc) is 3.44. The lowest BCUT2D eigenvalue weighted by Crippen LogP contribution is -2.23. The van der Waals surface area contributed by atoms with E-state index in [1.165, 1.54) is 36.0 Å². The third-order valence-corrected chi connectivity index (χ3v) is 5.32. The van der Waals surface area contributed by atoms with Crippen LogP contribution in [0, 0.1) is 5.82 Å². The van der Waals surface area contributed by atoms with E-state index in [2.05, 4.69) is 25.1 Å². The number of aromatic nitrogens is 4. The zero-order valence-corrected chi connectivity index (χ0v) is 15.5. The lowest BCUT2D eigenvalue weighted by molar-refractivity contribution is -0.115. The van der Waals surface area contributed by atoms with Crippen molar-refractivity contribution >= 4 is 23.4 Å². The molecule has 3 aromatic rings. The normalized spacial score (nSPS) is 14.7. The molecule has 0 saturated heterocycles. The van der Waals surface area contributed by atoms with Crippen molar-refractivity contribution in [3.63, 3.8) is 0 Å². The highest BCUT2D eigenvalue weighted by atomic mass is 32.2. The number of carbonyl (C=O) groups excluding carboxylic acids is 1. The fourth-order valence-electron chi connectivity index (χ4n) is 2.70. The number of rotatable bonds is 6. The molecule has 1 aliphatic carbocycles. The van der Waals surface area contributed by atoms with Gasteiger partial charge >= 0.3 is 0 Å². The Morgan fingerprint density at radius 3 is 2.70 bits per heavy atom. The highest BCUT2D eigenvalue weighted by Crippen LogP contribution is 2.41. The molecule has 1 amide bonds. The summed E-state index contributed by atoms with van der Waals surface area (Å²) in [6.07, 6.45) is 5.64. The molecule has 0 aliphatic heterocycles. The van der Waals surface area contributed by atoms with E-state index < -0.39 is 0 Å². The first-order valence-electron chi connectivity index (χ1n) is 8.70. The SMILES string of the molecule is C[C@H](Sc1nnc(-c2cccnc2)n1C1CC1)C(=O)Nc1ccc(F)cc1. The summed E-state index contributed by atoms with van der Waals surface area (Å²) in [6.45, 7) is 1.82. The van der Waals surface area contributed by atoms with Crippen LogP contribution < -0.4 is 5.32 Å². The zero-order chi connectivity index (χ0) is 18.8. The molecule has 1 atom stereocenters. The number of halogens is 1. The van der Waals surface area contributed by atoms with Crippen molar-refractivity contribution in [1.29, 1.82) is 0 Å². The van der Waals surface area contributed by atoms with Gasteiger partial charge in [-0.3, -0.25) is 14.3 Å². The summed E-state index contributed by atoms with van der Waals surface area (Å²) < 4.78 is 15.1. The summed E-state index contributed by atoms with van der Waals surface area (Å²) in [7, 11) is 0. The summed E-state index contributed by atoms with van der Waals surface area (Å²) >= 11 is 1.37. The maximum absolute atomic E-state index is 13.0. The summed E-state index contributed by atoms with van der Waals surface area (Å²) in [5.74, 6) is 0.273. The smallest absolute Gasteiger partial charge is 0.237 e. The van der Waals surface area contributed by atoms with Gasteiger partial charge in [-0.25, -0.2) is 4.39 Å². The van der Waals surface area contributed by atoms with E-state index in [0.29, 0.717) is 11.7 Å². The second kappa shape index (κ2) is 7.48. The molecule has 6 nitrogen and oxygen atoms in total. The Balaban J connectivity index is 1.51. The van der Waals surface area contributed by atoms with E-state index in [1.807, 2.05) is 19.1 Å². The predicted molar refractivity (Wildman–Crippen MR) is 102 cm³/mol. The second-order valence-electron chi connectivity index (χ2n) is 6.41. The fraction of sp³-hybridized carbons (Fsp3) is 0.263. The number of anilines is 1. The van der Waals surface area contributed by atoms with Crippen LogP contribution in [0.25, 0.3) is 11.4 Å². The molecule has 1 N–H and O–H groups in total. The predicted octanol–water partition coefficient (Wildman–Crippen LogP) is 3.93. The minimum Gasteiger partial charge on any atom is -0.325 e. The maximum Gasteiger partial charge on any atom is 0.237 e. The lowest BCUT2D eigenvalue weighted by atomic mass is 10.3. The Bertz CT molecular complexity index is 940. The van der Waals surface area contributed by atoms with Crippen LogP contribution in [0.3, 0.4) is 0 Å². The number of pyridine rings is 1. The van der Waals surface area contributed by atoms with E-state index in [9.17, 15) is 9.18 Å². The van der Waals surface area contributed by atoms with Crippen molar-refractivity contribution in [3.05, 3.63) is 54.6 Å². The number of amides is 1. The molecule has 8 heteroatoms. The van der Waals surface area contributed by atoms with Gasteiger partial charge in [-0.15, -0.1) is 10.2 Å². The first-order valence-corrected chi connectivity index (χ1v) is 9.58. The number of nitrogens with one attached hydrogen (secondary N) is 1. The average molecular weight is 383 g/mol. The zero-order valence-electron chi connectivity index (χ0n) is 14.7. The second-order valence-corrected chi connectivity index (χ2v) is 7.71. The number of nitrogens with zero attached hydrogens (tertiary/aromatic N) is 4. The van der Waals surface area contributed by atoms with E-state index >= 15 is 0 Å². The molecule has 0 radical (unpaired) electrons. The van der Waals surface area contributed by atoms with Gasteiger partial charge in [-0.05, 0) is 56.2 Å². The molecule has 1 fully saturated rings. The summed E-state index contributed by atoms with van der Waals surface area (Å²) in [5, 5.41) is 11.8. The number of carbonyl (C=O) groups is 1. The summed E-state index contributed by atoms with van der Waals surface area (Å²) in [6, 6.07) is 9.90. The first kappa shape index (κ1) is 17.7. The van der Waals surface area contributed by atoms with Crippen LogP contribution in [0.1, 0.15) is 25.8 Å². The van der Waals surface area contributed by atoms with Gasteiger partial charge in [0.1, 0.15) is 5.82 Å². The van der Waals surface area contributed by atoms with Crippen LogP contribution in [0.2, 0.25) is 0 Å². The Morgan fingerprint density at radius 1 is 1.26 bits per heavy atom. The van der Waals surface area contributed by atoms with Crippen LogP contribution in [-0.4, -0.2) is 30.9 Å². The van der Waals surface area contributed by atoms with Gasteiger partial charge in [0.2, 0.25) is 5.91 Å². The lowest BCUT2D eigenvalue weighted by Gasteiger charge is -2.13. The molecule has 138 valence electrons. The van der Waals surface area contributed by atoms with Crippen molar-refractivity contribution < 1.29 is 9.18 Å². The molecular formula is C19H18FN5OS. The van der Waals surface area contributed by atoms with Gasteiger partial charge < -0.3 is 5.32 Å². The maximum atomic E-state index is 13.0. The van der Waals surface area contributed by atoms with E-state index in [4.69, 9.17) is 0 Å². The van der Waals surface area contributed by atoms with Crippen molar-refractivity contribution in [2.24, 2.45) is 0 Å². The van der Waals surface area contributed by atoms with Gasteiger partial charge in [0.25, 0.3) is 0 Å². The Hall–Kier alpha value is -2.74. The summed E-state index contributed by atoms with van der Waals surface area (Å²) in [5.41, 5.74) is 1.47. The molecule has 1 aliphatic rings. The van der Waals surface area contributed by atoms with Crippen molar-refractivity contribution in [2.75, 3.05) is 5.32 Å². The molecule has 1 saturated carbocycles. The third kappa shape index (κ3) is 4.00. The van der Waals surface area contributed by atoms with Crippen molar-refractivity contribution in [2.45, 2.75) is 36.2 Å². The van der Waals surface area contributed by atoms with Crippen molar-refractivity contribution in [1.82, 2.24) is 19.7 Å². The van der Waals surface area contributed by atoms with Gasteiger partial charge in [-0.1, -0.05) is 11.8 Å². The Labute approximate surface area is 160 Å². The largest absolute Gasteiger partial charge is 0.325 e. The van der Waals surface area contributed by atoms with Gasteiger partial charge in [0, 0.05) is 29.7 Å². The molecule has 2 heterocycles. The Kier molecular flexibility index (Phi) is 4.89. The number of hydrogen-bond donors (Lipinski definition) is 1. The molecule has 1 aromatic carbocycles. The molecular weight excluding hydrogens is 365 g/mol. The molecule has 0 bridgehead atoms. The third-order valence-electron chi connectivity index (χ3n) is 4.26. The minimum atomic E-state index is -0.376. The molecule has 27 heavy (non-hydrogen) atoms. The van der Waals surface area contributed by atoms with Gasteiger partial charge in [0.15, 0.2) is 11.0 Å². The number of thioether (sulfide) groups is 1. The monoisotopic (exact) mass is 383 g/mol. The molecule has 0 spiro atoms. The summed E-state index contributed by atoms with van der Waals surface area (Å²) in [4.78, 5) is 16.6.